The highest BCUT2D eigenvalue weighted by Gasteiger charge is 2.11. The van der Waals surface area contributed by atoms with Crippen LogP contribution in [0.2, 0.25) is 0 Å². The van der Waals surface area contributed by atoms with Gasteiger partial charge in [0.1, 0.15) is 11.6 Å². The van der Waals surface area contributed by atoms with Crippen LogP contribution in [0, 0.1) is 6.92 Å². The molecular formula is C27H29N3O2. The SMILES string of the molecule is Cc1cccc(C(=O)NCCCc2nc3ccccc3n2CCCOc2ccccc2)c1. The van der Waals surface area contributed by atoms with Crippen molar-refractivity contribution >= 4 is 16.9 Å². The van der Waals surface area contributed by atoms with E-state index >= 15 is 0 Å². The van der Waals surface area contributed by atoms with Gasteiger partial charge in [-0.3, -0.25) is 4.79 Å². The van der Waals surface area contributed by atoms with Crippen molar-refractivity contribution in [3.05, 3.63) is 95.8 Å². The Labute approximate surface area is 189 Å². The number of carbonyl (C=O) groups is 1. The Kier molecular flexibility index (Phi) is 7.18. The van der Waals surface area contributed by atoms with Gasteiger partial charge in [-0.2, -0.15) is 0 Å². The first-order chi connectivity index (χ1) is 15.7. The van der Waals surface area contributed by atoms with Gasteiger partial charge < -0.3 is 14.6 Å². The van der Waals surface area contributed by atoms with E-state index in [1.807, 2.05) is 73.7 Å². The second kappa shape index (κ2) is 10.6. The van der Waals surface area contributed by atoms with Crippen molar-refractivity contribution in [3.8, 4) is 5.75 Å². The molecule has 5 nitrogen and oxygen atoms in total. The highest BCUT2D eigenvalue weighted by Crippen LogP contribution is 2.18. The maximum atomic E-state index is 12.4. The van der Waals surface area contributed by atoms with Gasteiger partial charge in [0.2, 0.25) is 0 Å². The lowest BCUT2D eigenvalue weighted by Gasteiger charge is -2.11. The van der Waals surface area contributed by atoms with Crippen LogP contribution in [0.5, 0.6) is 5.75 Å². The van der Waals surface area contributed by atoms with Gasteiger partial charge in [0, 0.05) is 25.1 Å². The topological polar surface area (TPSA) is 56.2 Å². The fourth-order valence-electron chi connectivity index (χ4n) is 3.83. The molecule has 32 heavy (non-hydrogen) atoms. The highest BCUT2D eigenvalue weighted by atomic mass is 16.5. The van der Waals surface area contributed by atoms with Crippen LogP contribution >= 0.6 is 0 Å². The van der Waals surface area contributed by atoms with Crippen molar-refractivity contribution in [2.24, 2.45) is 0 Å². The number of aromatic nitrogens is 2. The molecule has 4 rings (SSSR count). The maximum absolute atomic E-state index is 12.4. The number of fused-ring (bicyclic) bond motifs is 1. The molecule has 5 heteroatoms. The minimum atomic E-state index is -0.0275. The van der Waals surface area contributed by atoms with Crippen LogP contribution in [-0.4, -0.2) is 28.6 Å². The molecule has 0 radical (unpaired) electrons. The first kappa shape index (κ1) is 21.6. The number of rotatable bonds is 10. The molecule has 164 valence electrons. The van der Waals surface area contributed by atoms with Crippen molar-refractivity contribution in [1.82, 2.24) is 14.9 Å². The molecule has 3 aromatic carbocycles. The normalized spacial score (nSPS) is 10.9. The van der Waals surface area contributed by atoms with Gasteiger partial charge >= 0.3 is 0 Å². The largest absolute Gasteiger partial charge is 0.494 e. The predicted octanol–water partition coefficient (Wildman–Crippen LogP) is 5.18. The number of aryl methyl sites for hydroxylation is 3. The van der Waals surface area contributed by atoms with E-state index in [-0.39, 0.29) is 5.91 Å². The van der Waals surface area contributed by atoms with Crippen LogP contribution in [0.25, 0.3) is 11.0 Å². The summed E-state index contributed by atoms with van der Waals surface area (Å²) in [6, 6.07) is 25.8. The third-order valence-electron chi connectivity index (χ3n) is 5.41. The minimum Gasteiger partial charge on any atom is -0.494 e. The van der Waals surface area contributed by atoms with E-state index in [0.717, 1.165) is 54.0 Å². The smallest absolute Gasteiger partial charge is 0.251 e. The second-order valence-electron chi connectivity index (χ2n) is 7.91. The molecule has 1 N–H and O–H groups in total. The zero-order valence-corrected chi connectivity index (χ0v) is 18.5. The maximum Gasteiger partial charge on any atom is 0.251 e. The monoisotopic (exact) mass is 427 g/mol. The minimum absolute atomic E-state index is 0.0275. The van der Waals surface area contributed by atoms with Gasteiger partial charge in [0.05, 0.1) is 17.6 Å². The number of ether oxygens (including phenoxy) is 1. The van der Waals surface area contributed by atoms with Gasteiger partial charge in [-0.05, 0) is 56.2 Å². The number of benzene rings is 3. The first-order valence-corrected chi connectivity index (χ1v) is 11.2. The lowest BCUT2D eigenvalue weighted by atomic mass is 10.1. The summed E-state index contributed by atoms with van der Waals surface area (Å²) < 4.78 is 8.13. The third-order valence-corrected chi connectivity index (χ3v) is 5.41. The molecule has 0 atom stereocenters. The molecule has 0 unspecified atom stereocenters. The van der Waals surface area contributed by atoms with Crippen molar-refractivity contribution in [3.63, 3.8) is 0 Å². The fourth-order valence-corrected chi connectivity index (χ4v) is 3.83. The Morgan fingerprint density at radius 2 is 1.78 bits per heavy atom. The Bertz CT molecular complexity index is 1170. The molecule has 0 fully saturated rings. The average Bonchev–Trinajstić information content (AvgIpc) is 3.17. The summed E-state index contributed by atoms with van der Waals surface area (Å²) in [4.78, 5) is 17.2. The zero-order valence-electron chi connectivity index (χ0n) is 18.5. The van der Waals surface area contributed by atoms with Crippen LogP contribution < -0.4 is 10.1 Å². The molecule has 0 saturated carbocycles. The molecule has 0 saturated heterocycles. The second-order valence-corrected chi connectivity index (χ2v) is 7.91. The summed E-state index contributed by atoms with van der Waals surface area (Å²) in [6.45, 7) is 4.11. The predicted molar refractivity (Wildman–Crippen MR) is 128 cm³/mol. The molecular weight excluding hydrogens is 398 g/mol. The summed E-state index contributed by atoms with van der Waals surface area (Å²) in [7, 11) is 0. The van der Waals surface area contributed by atoms with Gasteiger partial charge in [0.25, 0.3) is 5.91 Å². The van der Waals surface area contributed by atoms with E-state index in [1.165, 1.54) is 0 Å². The van der Waals surface area contributed by atoms with Crippen molar-refractivity contribution in [1.29, 1.82) is 0 Å². The fraction of sp³-hybridized carbons (Fsp3) is 0.259. The average molecular weight is 428 g/mol. The van der Waals surface area contributed by atoms with Crippen LogP contribution in [0.1, 0.15) is 34.6 Å². The number of imidazole rings is 1. The highest BCUT2D eigenvalue weighted by molar-refractivity contribution is 5.94. The van der Waals surface area contributed by atoms with Gasteiger partial charge in [-0.15, -0.1) is 0 Å². The van der Waals surface area contributed by atoms with E-state index in [0.29, 0.717) is 18.7 Å². The van der Waals surface area contributed by atoms with E-state index in [1.54, 1.807) is 0 Å². The number of amides is 1. The number of para-hydroxylation sites is 3. The van der Waals surface area contributed by atoms with Crippen LogP contribution in [0.15, 0.2) is 78.9 Å². The molecule has 0 aliphatic heterocycles. The van der Waals surface area contributed by atoms with E-state index in [4.69, 9.17) is 9.72 Å². The summed E-state index contributed by atoms with van der Waals surface area (Å²) in [6.07, 6.45) is 2.54. The Hall–Kier alpha value is -3.60. The van der Waals surface area contributed by atoms with Crippen LogP contribution in [-0.2, 0) is 13.0 Å². The summed E-state index contributed by atoms with van der Waals surface area (Å²) >= 11 is 0. The quantitative estimate of drug-likeness (QED) is 0.355. The Balaban J connectivity index is 1.33. The summed E-state index contributed by atoms with van der Waals surface area (Å²) in [5, 5.41) is 3.02. The first-order valence-electron chi connectivity index (χ1n) is 11.2. The number of hydrogen-bond donors (Lipinski definition) is 1. The molecule has 4 aromatic rings. The number of hydrogen-bond acceptors (Lipinski definition) is 3. The number of carbonyl (C=O) groups excluding carboxylic acids is 1. The molecule has 0 aliphatic carbocycles. The van der Waals surface area contributed by atoms with Crippen molar-refractivity contribution < 1.29 is 9.53 Å². The number of nitrogens with zero attached hydrogens (tertiary/aromatic N) is 2. The van der Waals surface area contributed by atoms with Gasteiger partial charge in [0.15, 0.2) is 0 Å². The molecule has 0 aliphatic rings. The summed E-state index contributed by atoms with van der Waals surface area (Å²) in [5.41, 5.74) is 3.94. The lowest BCUT2D eigenvalue weighted by molar-refractivity contribution is 0.0953. The summed E-state index contributed by atoms with van der Waals surface area (Å²) in [5.74, 6) is 1.92. The lowest BCUT2D eigenvalue weighted by Crippen LogP contribution is -2.25. The Morgan fingerprint density at radius 3 is 2.62 bits per heavy atom. The molecule has 0 bridgehead atoms. The van der Waals surface area contributed by atoms with Gasteiger partial charge in [-0.25, -0.2) is 4.98 Å². The molecule has 0 spiro atoms. The van der Waals surface area contributed by atoms with E-state index in [9.17, 15) is 4.79 Å². The van der Waals surface area contributed by atoms with Crippen molar-refractivity contribution in [2.45, 2.75) is 32.7 Å². The van der Waals surface area contributed by atoms with Crippen molar-refractivity contribution in [2.75, 3.05) is 13.2 Å². The Morgan fingerprint density at radius 1 is 0.969 bits per heavy atom. The molecule has 1 aromatic heterocycles. The zero-order chi connectivity index (χ0) is 22.2. The van der Waals surface area contributed by atoms with E-state index < -0.39 is 0 Å². The standard InChI is InChI=1S/C27H29N3O2/c1-21-10-7-11-22(20-21)27(31)28-17-8-16-26-29-24-14-5-6-15-25(24)30(26)18-9-19-32-23-12-3-2-4-13-23/h2-7,10-15,20H,8-9,16-19H2,1H3,(H,28,31). The molecule has 1 heterocycles. The van der Waals surface area contributed by atoms with Crippen LogP contribution in [0.4, 0.5) is 0 Å². The van der Waals surface area contributed by atoms with E-state index in [2.05, 4.69) is 22.0 Å². The van der Waals surface area contributed by atoms with Crippen LogP contribution in [0.3, 0.4) is 0 Å². The molecule has 1 amide bonds. The van der Waals surface area contributed by atoms with Gasteiger partial charge in [-0.1, -0.05) is 48.0 Å². The third kappa shape index (κ3) is 5.55. The number of nitrogens with one attached hydrogen (secondary N) is 1.